The molecule has 0 bridgehead atoms. The van der Waals surface area contributed by atoms with Crippen LogP contribution in [0.2, 0.25) is 0 Å². The van der Waals surface area contributed by atoms with E-state index in [4.69, 9.17) is 9.47 Å². The molecule has 0 amide bonds. The summed E-state index contributed by atoms with van der Waals surface area (Å²) in [5, 5.41) is 0. The van der Waals surface area contributed by atoms with Crippen molar-refractivity contribution in [1.82, 2.24) is 0 Å². The first-order valence-corrected chi connectivity index (χ1v) is 14.0. The Balaban J connectivity index is 1.29. The summed E-state index contributed by atoms with van der Waals surface area (Å²) < 4.78 is 13.5. The molecule has 2 saturated heterocycles. The second-order valence-corrected chi connectivity index (χ2v) is 14.0. The molecule has 6 aliphatic rings. The maximum absolute atomic E-state index is 6.98. The summed E-state index contributed by atoms with van der Waals surface area (Å²) in [6.07, 6.45) is 13.1. The smallest absolute Gasteiger partial charge is 0.171 e. The summed E-state index contributed by atoms with van der Waals surface area (Å²) in [7, 11) is 0. The molecular formula is C29H48O2. The van der Waals surface area contributed by atoms with Crippen LogP contribution in [-0.4, -0.2) is 18.5 Å². The largest absolute Gasteiger partial charge is 0.349 e. The molecule has 0 N–H and O–H groups in total. The van der Waals surface area contributed by atoms with Crippen molar-refractivity contribution in [2.75, 3.05) is 6.61 Å². The number of ether oxygens (including phenoxy) is 2. The number of hydrogen-bond acceptors (Lipinski definition) is 2. The van der Waals surface area contributed by atoms with Crippen molar-refractivity contribution in [3.8, 4) is 0 Å². The first-order valence-electron chi connectivity index (χ1n) is 14.0. The summed E-state index contributed by atoms with van der Waals surface area (Å²) >= 11 is 0. The molecule has 2 aliphatic heterocycles. The predicted octanol–water partition coefficient (Wildman–Crippen LogP) is 7.32. The topological polar surface area (TPSA) is 18.5 Å². The van der Waals surface area contributed by atoms with E-state index in [1.807, 2.05) is 0 Å². The van der Waals surface area contributed by atoms with Crippen LogP contribution in [0.5, 0.6) is 0 Å². The van der Waals surface area contributed by atoms with Gasteiger partial charge in [-0.25, -0.2) is 0 Å². The van der Waals surface area contributed by atoms with E-state index in [1.165, 1.54) is 51.4 Å². The highest BCUT2D eigenvalue weighted by atomic mass is 16.7. The van der Waals surface area contributed by atoms with E-state index in [1.54, 1.807) is 0 Å². The van der Waals surface area contributed by atoms with Crippen molar-refractivity contribution in [3.05, 3.63) is 0 Å². The van der Waals surface area contributed by atoms with Gasteiger partial charge in [-0.1, -0.05) is 48.0 Å². The molecule has 1 spiro atoms. The zero-order valence-corrected chi connectivity index (χ0v) is 21.2. The number of fused-ring (bicyclic) bond motifs is 7. The highest BCUT2D eigenvalue weighted by molar-refractivity contribution is 5.16. The Labute approximate surface area is 191 Å². The van der Waals surface area contributed by atoms with Gasteiger partial charge in [-0.3, -0.25) is 0 Å². The van der Waals surface area contributed by atoms with E-state index in [-0.39, 0.29) is 5.79 Å². The van der Waals surface area contributed by atoms with Crippen LogP contribution in [0.15, 0.2) is 0 Å². The molecule has 4 aliphatic carbocycles. The molecule has 0 aromatic heterocycles. The predicted molar refractivity (Wildman–Crippen MR) is 125 cm³/mol. The molecular weight excluding hydrogens is 380 g/mol. The monoisotopic (exact) mass is 428 g/mol. The lowest BCUT2D eigenvalue weighted by Gasteiger charge is -2.63. The molecule has 0 aromatic rings. The standard InChI is InChI=1S/C29H48O2/c1-17-9-11-27(5)21(13-17)7-8-22-23(27)14-19(3)28(6)24(22)15-25-26(28)20(4)29(31-25)12-10-18(2)16-30-29/h17-26H,7-16H2,1-6H3/t17?,18?,19?,20-,21?,22?,23?,24?,25?,26?,27-,28-,29?/m0/s1. The van der Waals surface area contributed by atoms with Crippen molar-refractivity contribution < 1.29 is 9.47 Å². The van der Waals surface area contributed by atoms with Crippen molar-refractivity contribution in [1.29, 1.82) is 0 Å². The first-order chi connectivity index (χ1) is 14.7. The fraction of sp³-hybridized carbons (Fsp3) is 1.00. The Kier molecular flexibility index (Phi) is 4.82. The SMILES string of the molecule is CC1CCC2(OC1)OC1CC3C4CCC5CC(C)CC[C@]5(C)C4CC(C)[C@]3(C)C1[C@@H]2C. The van der Waals surface area contributed by atoms with Crippen LogP contribution in [-0.2, 0) is 9.47 Å². The quantitative estimate of drug-likeness (QED) is 0.402. The molecule has 10 unspecified atom stereocenters. The zero-order valence-electron chi connectivity index (χ0n) is 21.2. The molecule has 0 radical (unpaired) electrons. The summed E-state index contributed by atoms with van der Waals surface area (Å²) in [5.74, 6) is 7.19. The van der Waals surface area contributed by atoms with Crippen LogP contribution in [0.4, 0.5) is 0 Å². The molecule has 6 fully saturated rings. The molecule has 6 rings (SSSR count). The van der Waals surface area contributed by atoms with Gasteiger partial charge in [0.1, 0.15) is 0 Å². The molecule has 31 heavy (non-hydrogen) atoms. The van der Waals surface area contributed by atoms with Crippen LogP contribution >= 0.6 is 0 Å². The van der Waals surface area contributed by atoms with Crippen LogP contribution in [0.3, 0.4) is 0 Å². The third kappa shape index (κ3) is 2.76. The third-order valence-corrected chi connectivity index (χ3v) is 12.8. The lowest BCUT2D eigenvalue weighted by atomic mass is 9.42. The molecule has 2 heteroatoms. The molecule has 2 heterocycles. The minimum absolute atomic E-state index is 0.268. The van der Waals surface area contributed by atoms with Gasteiger partial charge in [-0.15, -0.1) is 0 Å². The molecule has 13 atom stereocenters. The summed E-state index contributed by atoms with van der Waals surface area (Å²) in [4.78, 5) is 0. The van der Waals surface area contributed by atoms with Gasteiger partial charge in [0.05, 0.1) is 12.7 Å². The second-order valence-electron chi connectivity index (χ2n) is 14.0. The minimum Gasteiger partial charge on any atom is -0.349 e. The Bertz CT molecular complexity index is 710. The van der Waals surface area contributed by atoms with Gasteiger partial charge < -0.3 is 9.47 Å². The maximum Gasteiger partial charge on any atom is 0.171 e. The maximum atomic E-state index is 6.98. The normalized spacial score (nSPS) is 63.3. The van der Waals surface area contributed by atoms with Crippen molar-refractivity contribution >= 4 is 0 Å². The van der Waals surface area contributed by atoms with Crippen LogP contribution < -0.4 is 0 Å². The fourth-order valence-corrected chi connectivity index (χ4v) is 10.8. The van der Waals surface area contributed by atoms with Gasteiger partial charge in [0.25, 0.3) is 0 Å². The Morgan fingerprint density at radius 1 is 0.774 bits per heavy atom. The third-order valence-electron chi connectivity index (χ3n) is 12.8. The lowest BCUT2D eigenvalue weighted by molar-refractivity contribution is -0.273. The average Bonchev–Trinajstić information content (AvgIpc) is 3.18. The van der Waals surface area contributed by atoms with E-state index in [0.717, 1.165) is 48.5 Å². The highest BCUT2D eigenvalue weighted by Gasteiger charge is 2.70. The molecule has 2 nitrogen and oxygen atoms in total. The van der Waals surface area contributed by atoms with E-state index >= 15 is 0 Å². The summed E-state index contributed by atoms with van der Waals surface area (Å²) in [6, 6.07) is 0. The average molecular weight is 429 g/mol. The molecule has 4 saturated carbocycles. The Morgan fingerprint density at radius 2 is 1.55 bits per heavy atom. The van der Waals surface area contributed by atoms with E-state index < -0.39 is 0 Å². The van der Waals surface area contributed by atoms with E-state index in [2.05, 4.69) is 41.5 Å². The van der Waals surface area contributed by atoms with Gasteiger partial charge in [0.15, 0.2) is 5.79 Å². The highest BCUT2D eigenvalue weighted by Crippen LogP contribution is 2.72. The van der Waals surface area contributed by atoms with Gasteiger partial charge in [0, 0.05) is 12.3 Å². The van der Waals surface area contributed by atoms with Crippen molar-refractivity contribution in [3.63, 3.8) is 0 Å². The fourth-order valence-electron chi connectivity index (χ4n) is 10.8. The summed E-state index contributed by atoms with van der Waals surface area (Å²) in [6.45, 7) is 16.3. The molecule has 0 aromatic carbocycles. The van der Waals surface area contributed by atoms with E-state index in [0.29, 0.717) is 34.7 Å². The lowest BCUT2D eigenvalue weighted by Crippen LogP contribution is -2.57. The van der Waals surface area contributed by atoms with Gasteiger partial charge in [0.2, 0.25) is 0 Å². The molecule has 176 valence electrons. The van der Waals surface area contributed by atoms with Crippen LogP contribution in [0.25, 0.3) is 0 Å². The Hall–Kier alpha value is -0.0800. The minimum atomic E-state index is -0.268. The van der Waals surface area contributed by atoms with Crippen molar-refractivity contribution in [2.24, 2.45) is 64.1 Å². The van der Waals surface area contributed by atoms with Gasteiger partial charge >= 0.3 is 0 Å². The second kappa shape index (κ2) is 6.97. The van der Waals surface area contributed by atoms with E-state index in [9.17, 15) is 0 Å². The first kappa shape index (κ1) is 21.5. The van der Waals surface area contributed by atoms with Crippen LogP contribution in [0.1, 0.15) is 99.3 Å². The van der Waals surface area contributed by atoms with Gasteiger partial charge in [-0.2, -0.15) is 0 Å². The Morgan fingerprint density at radius 3 is 2.29 bits per heavy atom. The van der Waals surface area contributed by atoms with Crippen LogP contribution in [0, 0.1) is 64.1 Å². The zero-order chi connectivity index (χ0) is 21.8. The number of hydrogen-bond donors (Lipinski definition) is 0. The van der Waals surface area contributed by atoms with Crippen molar-refractivity contribution in [2.45, 2.75) is 111 Å². The summed E-state index contributed by atoms with van der Waals surface area (Å²) in [5.41, 5.74) is 1.05. The van der Waals surface area contributed by atoms with Gasteiger partial charge in [-0.05, 0) is 103 Å². The number of rotatable bonds is 0.